The maximum Gasteiger partial charge on any atom is 0.264 e. The van der Waals surface area contributed by atoms with Crippen LogP contribution in [-0.4, -0.2) is 48.5 Å². The Morgan fingerprint density at radius 1 is 1.15 bits per heavy atom. The summed E-state index contributed by atoms with van der Waals surface area (Å²) in [4.78, 5) is 22.4. The minimum absolute atomic E-state index is 0.138. The van der Waals surface area contributed by atoms with Gasteiger partial charge in [-0.1, -0.05) is 18.2 Å². The van der Waals surface area contributed by atoms with Gasteiger partial charge in [0.2, 0.25) is 0 Å². The number of fused-ring (bicyclic) bond motifs is 1. The van der Waals surface area contributed by atoms with Crippen molar-refractivity contribution in [3.63, 3.8) is 0 Å². The quantitative estimate of drug-likeness (QED) is 0.765. The van der Waals surface area contributed by atoms with Crippen LogP contribution in [0.15, 0.2) is 48.7 Å². The van der Waals surface area contributed by atoms with Gasteiger partial charge in [-0.3, -0.25) is 4.79 Å². The van der Waals surface area contributed by atoms with Crippen molar-refractivity contribution in [3.05, 3.63) is 53.5 Å². The topological polar surface area (TPSA) is 48.5 Å². The van der Waals surface area contributed by atoms with Gasteiger partial charge in [0, 0.05) is 43.6 Å². The highest BCUT2D eigenvalue weighted by molar-refractivity contribution is 7.20. The number of carbonyl (C=O) groups excluding carboxylic acids is 1. The van der Waals surface area contributed by atoms with Gasteiger partial charge in [-0.15, -0.1) is 11.3 Å². The molecule has 1 fully saturated rings. The lowest BCUT2D eigenvalue weighted by molar-refractivity contribution is 0.0751. The predicted molar refractivity (Wildman–Crippen MR) is 108 cm³/mol. The van der Waals surface area contributed by atoms with E-state index in [0.717, 1.165) is 54.5 Å². The summed E-state index contributed by atoms with van der Waals surface area (Å²) in [5, 5.41) is 4.51. The number of nitrogens with one attached hydrogen (secondary N) is 1. The van der Waals surface area contributed by atoms with Gasteiger partial charge in [0.1, 0.15) is 0 Å². The molecule has 1 saturated heterocycles. The molecular weight excluding hydrogens is 344 g/mol. The molecule has 4 rings (SSSR count). The number of piperazine rings is 1. The molecule has 1 aliphatic rings. The molecule has 6 heteroatoms. The third-order valence-corrected chi connectivity index (χ3v) is 5.76. The van der Waals surface area contributed by atoms with Crippen LogP contribution in [0.25, 0.3) is 10.1 Å². The summed E-state index contributed by atoms with van der Waals surface area (Å²) in [6.07, 6.45) is 1.82. The molecule has 1 aliphatic heterocycles. The van der Waals surface area contributed by atoms with E-state index in [4.69, 9.17) is 0 Å². The van der Waals surface area contributed by atoms with Crippen LogP contribution in [0, 0.1) is 0 Å². The fraction of sp³-hybridized carbons (Fsp3) is 0.300. The molecule has 0 unspecified atom stereocenters. The van der Waals surface area contributed by atoms with Gasteiger partial charge in [-0.2, -0.15) is 0 Å². The SMILES string of the molecule is CCNc1cccnc1N1CCN(C(=O)c2cc3ccccc3s2)CC1. The summed E-state index contributed by atoms with van der Waals surface area (Å²) in [5.74, 6) is 1.11. The van der Waals surface area contributed by atoms with Crippen molar-refractivity contribution in [2.75, 3.05) is 42.9 Å². The Bertz CT molecular complexity index is 882. The number of amides is 1. The van der Waals surface area contributed by atoms with E-state index in [-0.39, 0.29) is 5.91 Å². The summed E-state index contributed by atoms with van der Waals surface area (Å²) < 4.78 is 1.17. The average Bonchev–Trinajstić information content (AvgIpc) is 3.12. The van der Waals surface area contributed by atoms with E-state index in [1.54, 1.807) is 11.3 Å². The van der Waals surface area contributed by atoms with Crippen molar-refractivity contribution in [1.82, 2.24) is 9.88 Å². The van der Waals surface area contributed by atoms with Crippen LogP contribution in [-0.2, 0) is 0 Å². The summed E-state index contributed by atoms with van der Waals surface area (Å²) in [6, 6.07) is 14.2. The van der Waals surface area contributed by atoms with Crippen LogP contribution < -0.4 is 10.2 Å². The first-order valence-corrected chi connectivity index (χ1v) is 9.79. The molecule has 0 saturated carbocycles. The smallest absolute Gasteiger partial charge is 0.264 e. The minimum atomic E-state index is 0.138. The van der Waals surface area contributed by atoms with E-state index in [2.05, 4.69) is 40.3 Å². The Balaban J connectivity index is 1.45. The fourth-order valence-corrected chi connectivity index (χ4v) is 4.37. The Hall–Kier alpha value is -2.60. The molecule has 3 aromatic rings. The zero-order valence-electron chi connectivity index (χ0n) is 14.8. The average molecular weight is 366 g/mol. The third-order valence-electron chi connectivity index (χ3n) is 4.66. The van der Waals surface area contributed by atoms with E-state index < -0.39 is 0 Å². The molecule has 0 aliphatic carbocycles. The van der Waals surface area contributed by atoms with Crippen molar-refractivity contribution in [2.24, 2.45) is 0 Å². The molecule has 0 radical (unpaired) electrons. The highest BCUT2D eigenvalue weighted by atomic mass is 32.1. The predicted octanol–water partition coefficient (Wildman–Crippen LogP) is 3.69. The first-order chi connectivity index (χ1) is 12.8. The molecule has 0 bridgehead atoms. The number of hydrogen-bond acceptors (Lipinski definition) is 5. The number of rotatable bonds is 4. The summed E-state index contributed by atoms with van der Waals surface area (Å²) in [7, 11) is 0. The Labute approximate surface area is 157 Å². The lowest BCUT2D eigenvalue weighted by Crippen LogP contribution is -2.49. The zero-order chi connectivity index (χ0) is 17.9. The highest BCUT2D eigenvalue weighted by Crippen LogP contribution is 2.28. The van der Waals surface area contributed by atoms with Crippen molar-refractivity contribution in [3.8, 4) is 0 Å². The van der Waals surface area contributed by atoms with Gasteiger partial charge >= 0.3 is 0 Å². The first-order valence-electron chi connectivity index (χ1n) is 8.98. The molecule has 26 heavy (non-hydrogen) atoms. The number of benzene rings is 1. The fourth-order valence-electron chi connectivity index (χ4n) is 3.34. The van der Waals surface area contributed by atoms with Crippen molar-refractivity contribution in [2.45, 2.75) is 6.92 Å². The lowest BCUT2D eigenvalue weighted by atomic mass is 10.2. The number of pyridine rings is 1. The molecule has 5 nitrogen and oxygen atoms in total. The highest BCUT2D eigenvalue weighted by Gasteiger charge is 2.25. The van der Waals surface area contributed by atoms with E-state index in [9.17, 15) is 4.79 Å². The van der Waals surface area contributed by atoms with Crippen LogP contribution in [0.5, 0.6) is 0 Å². The molecule has 134 valence electrons. The maximum atomic E-state index is 12.9. The largest absolute Gasteiger partial charge is 0.382 e. The van der Waals surface area contributed by atoms with Crippen molar-refractivity contribution in [1.29, 1.82) is 0 Å². The van der Waals surface area contributed by atoms with E-state index in [0.29, 0.717) is 0 Å². The van der Waals surface area contributed by atoms with Crippen molar-refractivity contribution >= 4 is 38.8 Å². The second kappa shape index (κ2) is 7.33. The van der Waals surface area contributed by atoms with Crippen LogP contribution in [0.2, 0.25) is 0 Å². The van der Waals surface area contributed by atoms with Crippen LogP contribution >= 0.6 is 11.3 Å². The second-order valence-electron chi connectivity index (χ2n) is 6.33. The number of carbonyl (C=O) groups is 1. The maximum absolute atomic E-state index is 12.9. The first kappa shape index (κ1) is 16.8. The van der Waals surface area contributed by atoms with Gasteiger partial charge in [-0.25, -0.2) is 4.98 Å². The van der Waals surface area contributed by atoms with Crippen LogP contribution in [0.1, 0.15) is 16.6 Å². The van der Waals surface area contributed by atoms with Crippen LogP contribution in [0.3, 0.4) is 0 Å². The monoisotopic (exact) mass is 366 g/mol. The molecular formula is C20H22N4OS. The van der Waals surface area contributed by atoms with Gasteiger partial charge in [0.05, 0.1) is 10.6 Å². The molecule has 0 atom stereocenters. The summed E-state index contributed by atoms with van der Waals surface area (Å²) in [5.41, 5.74) is 1.05. The molecule has 3 heterocycles. The van der Waals surface area contributed by atoms with E-state index in [1.807, 2.05) is 35.4 Å². The minimum Gasteiger partial charge on any atom is -0.382 e. The molecule has 1 aromatic carbocycles. The Kier molecular flexibility index (Phi) is 4.75. The standard InChI is InChI=1S/C20H22N4OS/c1-2-21-16-7-5-9-22-19(16)23-10-12-24(13-11-23)20(25)18-14-15-6-3-4-8-17(15)26-18/h3-9,14,21H,2,10-13H2,1H3. The Morgan fingerprint density at radius 2 is 1.96 bits per heavy atom. The zero-order valence-corrected chi connectivity index (χ0v) is 15.6. The number of hydrogen-bond donors (Lipinski definition) is 1. The van der Waals surface area contributed by atoms with Gasteiger partial charge in [0.25, 0.3) is 5.91 Å². The van der Waals surface area contributed by atoms with Gasteiger partial charge in [-0.05, 0) is 36.6 Å². The molecule has 0 spiro atoms. The number of aromatic nitrogens is 1. The van der Waals surface area contributed by atoms with E-state index >= 15 is 0 Å². The number of thiophene rings is 1. The lowest BCUT2D eigenvalue weighted by Gasteiger charge is -2.36. The van der Waals surface area contributed by atoms with Gasteiger partial charge in [0.15, 0.2) is 5.82 Å². The molecule has 1 amide bonds. The van der Waals surface area contributed by atoms with Gasteiger partial charge < -0.3 is 15.1 Å². The van der Waals surface area contributed by atoms with Crippen molar-refractivity contribution < 1.29 is 4.79 Å². The number of anilines is 2. The summed E-state index contributed by atoms with van der Waals surface area (Å²) >= 11 is 1.58. The normalized spacial score (nSPS) is 14.7. The van der Waals surface area contributed by atoms with E-state index in [1.165, 1.54) is 4.70 Å². The second-order valence-corrected chi connectivity index (χ2v) is 7.42. The number of nitrogens with zero attached hydrogens (tertiary/aromatic N) is 3. The van der Waals surface area contributed by atoms with Crippen LogP contribution in [0.4, 0.5) is 11.5 Å². The molecule has 1 N–H and O–H groups in total. The Morgan fingerprint density at radius 3 is 2.73 bits per heavy atom. The molecule has 2 aromatic heterocycles. The summed E-state index contributed by atoms with van der Waals surface area (Å²) in [6.45, 7) is 5.98. The third kappa shape index (κ3) is 3.24.